The van der Waals surface area contributed by atoms with E-state index < -0.39 is 0 Å². The Morgan fingerprint density at radius 2 is 0.929 bits per heavy atom. The van der Waals surface area contributed by atoms with Crippen LogP contribution < -0.4 is 4.90 Å². The Kier molecular flexibility index (Phi) is 6.22. The number of nitrogens with zero attached hydrogens (tertiary/aromatic N) is 1. The van der Waals surface area contributed by atoms with Gasteiger partial charge in [-0.05, 0) is 109 Å². The van der Waals surface area contributed by atoms with Gasteiger partial charge in [-0.15, -0.1) is 0 Å². The molecule has 0 saturated carbocycles. The van der Waals surface area contributed by atoms with Crippen LogP contribution in [0.1, 0.15) is 49.9 Å². The molecule has 0 bridgehead atoms. The minimum atomic E-state index is -0.208. The van der Waals surface area contributed by atoms with Crippen molar-refractivity contribution in [1.29, 1.82) is 0 Å². The minimum absolute atomic E-state index is 0.137. The standard InChI is InChI=1S/C54H39NO/c1-53(2)42-22-10-7-15-33(42)35-28-27-32(31-44(35)53)55(46-25-14-21-40-34-16-8-11-23-43(34)54(3,4)52(40)46)45-24-13-20-37-39-29-30-48-51(41-19-9-12-26-47(41)56-48)50(39)38-18-6-5-17-36(38)49(37)45/h5-31H,1-4H3. The molecule has 0 radical (unpaired) electrons. The number of hydrogen-bond donors (Lipinski definition) is 0. The molecule has 2 heteroatoms. The van der Waals surface area contributed by atoms with Gasteiger partial charge >= 0.3 is 0 Å². The summed E-state index contributed by atoms with van der Waals surface area (Å²) in [6.45, 7) is 9.55. The third-order valence-electron chi connectivity index (χ3n) is 13.2. The van der Waals surface area contributed by atoms with Crippen molar-refractivity contribution >= 4 is 71.3 Å². The molecule has 56 heavy (non-hydrogen) atoms. The zero-order chi connectivity index (χ0) is 37.5. The summed E-state index contributed by atoms with van der Waals surface area (Å²) >= 11 is 0. The summed E-state index contributed by atoms with van der Waals surface area (Å²) in [5.74, 6) is 0. The molecule has 9 aromatic carbocycles. The van der Waals surface area contributed by atoms with Crippen LogP contribution in [0.5, 0.6) is 0 Å². The van der Waals surface area contributed by atoms with Crippen LogP contribution in [0.3, 0.4) is 0 Å². The quantitative estimate of drug-likeness (QED) is 0.169. The van der Waals surface area contributed by atoms with E-state index in [-0.39, 0.29) is 10.8 Å². The van der Waals surface area contributed by atoms with E-state index in [9.17, 15) is 0 Å². The van der Waals surface area contributed by atoms with Gasteiger partial charge in [-0.25, -0.2) is 0 Å². The maximum atomic E-state index is 6.46. The predicted octanol–water partition coefficient (Wildman–Crippen LogP) is 15.1. The van der Waals surface area contributed by atoms with E-state index in [1.165, 1.54) is 93.6 Å². The highest BCUT2D eigenvalue weighted by molar-refractivity contribution is 6.36. The van der Waals surface area contributed by atoms with Gasteiger partial charge in [0.1, 0.15) is 11.2 Å². The second kappa shape index (κ2) is 11.0. The van der Waals surface area contributed by atoms with Crippen molar-refractivity contribution in [2.24, 2.45) is 0 Å². The van der Waals surface area contributed by atoms with Crippen molar-refractivity contribution in [3.8, 4) is 22.3 Å². The molecule has 266 valence electrons. The normalized spacial score (nSPS) is 14.7. The predicted molar refractivity (Wildman–Crippen MR) is 236 cm³/mol. The van der Waals surface area contributed by atoms with Gasteiger partial charge in [-0.1, -0.05) is 149 Å². The summed E-state index contributed by atoms with van der Waals surface area (Å²) < 4.78 is 6.46. The first-order valence-electron chi connectivity index (χ1n) is 19.8. The number of fused-ring (bicyclic) bond motifs is 16. The third-order valence-corrected chi connectivity index (χ3v) is 13.2. The van der Waals surface area contributed by atoms with Crippen molar-refractivity contribution in [3.05, 3.63) is 186 Å². The summed E-state index contributed by atoms with van der Waals surface area (Å²) in [5.41, 5.74) is 15.8. The summed E-state index contributed by atoms with van der Waals surface area (Å²) in [7, 11) is 0. The SMILES string of the molecule is CC1(C)c2ccccc2-c2ccc(N(c3cccc4c3C(C)(C)c3ccccc3-4)c3cccc4c5ccc6oc7ccccc7c6c5c5ccccc5c34)cc21. The summed E-state index contributed by atoms with van der Waals surface area (Å²) in [6.07, 6.45) is 0. The second-order valence-corrected chi connectivity index (χ2v) is 16.8. The molecule has 10 aromatic rings. The van der Waals surface area contributed by atoms with Crippen molar-refractivity contribution in [3.63, 3.8) is 0 Å². The first-order chi connectivity index (χ1) is 27.3. The molecule has 2 aliphatic rings. The number of rotatable bonds is 3. The van der Waals surface area contributed by atoms with Crippen molar-refractivity contribution in [2.45, 2.75) is 38.5 Å². The molecule has 0 amide bonds. The molecule has 0 unspecified atom stereocenters. The van der Waals surface area contributed by atoms with Crippen LogP contribution in [-0.2, 0) is 10.8 Å². The topological polar surface area (TPSA) is 16.4 Å². The molecule has 12 rings (SSSR count). The minimum Gasteiger partial charge on any atom is -0.456 e. The summed E-state index contributed by atoms with van der Waals surface area (Å²) in [6, 6.07) is 60.8. The molecule has 0 atom stereocenters. The maximum absolute atomic E-state index is 6.46. The van der Waals surface area contributed by atoms with Crippen LogP contribution in [0.25, 0.3) is 76.5 Å². The van der Waals surface area contributed by atoms with Crippen LogP contribution in [0.15, 0.2) is 168 Å². The molecule has 0 N–H and O–H groups in total. The fraction of sp³-hybridized carbons (Fsp3) is 0.111. The Morgan fingerprint density at radius 3 is 1.71 bits per heavy atom. The molecule has 0 saturated heterocycles. The highest BCUT2D eigenvalue weighted by Gasteiger charge is 2.40. The van der Waals surface area contributed by atoms with Crippen LogP contribution in [0.2, 0.25) is 0 Å². The maximum Gasteiger partial charge on any atom is 0.136 e. The largest absolute Gasteiger partial charge is 0.456 e. The zero-order valence-corrected chi connectivity index (χ0v) is 31.9. The highest BCUT2D eigenvalue weighted by Crippen LogP contribution is 2.57. The molecule has 0 fully saturated rings. The summed E-state index contributed by atoms with van der Waals surface area (Å²) in [5, 5.41) is 9.75. The van der Waals surface area contributed by atoms with Gasteiger partial charge in [0.05, 0.1) is 11.4 Å². The Morgan fingerprint density at radius 1 is 0.375 bits per heavy atom. The lowest BCUT2D eigenvalue weighted by molar-refractivity contribution is 0.658. The second-order valence-electron chi connectivity index (χ2n) is 16.8. The Labute approximate surface area is 326 Å². The lowest BCUT2D eigenvalue weighted by Gasteiger charge is -2.34. The fourth-order valence-electron chi connectivity index (χ4n) is 10.7. The van der Waals surface area contributed by atoms with Crippen molar-refractivity contribution in [1.82, 2.24) is 0 Å². The first kappa shape index (κ1) is 31.7. The van der Waals surface area contributed by atoms with E-state index in [0.717, 1.165) is 22.2 Å². The number of para-hydroxylation sites is 1. The number of furan rings is 1. The average Bonchev–Trinajstić information content (AvgIpc) is 3.81. The van der Waals surface area contributed by atoms with E-state index >= 15 is 0 Å². The molecule has 0 aliphatic heterocycles. The molecule has 1 heterocycles. The molecule has 2 aliphatic carbocycles. The summed E-state index contributed by atoms with van der Waals surface area (Å²) in [4.78, 5) is 2.58. The van der Waals surface area contributed by atoms with E-state index in [2.05, 4.69) is 196 Å². The van der Waals surface area contributed by atoms with Gasteiger partial charge in [-0.2, -0.15) is 0 Å². The number of benzene rings is 9. The lowest BCUT2D eigenvalue weighted by Crippen LogP contribution is -2.21. The molecular formula is C54H39NO. The molecular weight excluding hydrogens is 679 g/mol. The first-order valence-corrected chi connectivity index (χ1v) is 19.8. The lowest BCUT2D eigenvalue weighted by atomic mass is 9.80. The van der Waals surface area contributed by atoms with Gasteiger partial charge in [0.25, 0.3) is 0 Å². The van der Waals surface area contributed by atoms with Crippen LogP contribution in [0, 0.1) is 0 Å². The smallest absolute Gasteiger partial charge is 0.136 e. The molecule has 2 nitrogen and oxygen atoms in total. The Hall–Kier alpha value is -6.64. The van der Waals surface area contributed by atoms with Crippen LogP contribution in [0.4, 0.5) is 17.1 Å². The van der Waals surface area contributed by atoms with Gasteiger partial charge in [0.2, 0.25) is 0 Å². The Bertz CT molecular complexity index is 3290. The highest BCUT2D eigenvalue weighted by atomic mass is 16.3. The van der Waals surface area contributed by atoms with Crippen molar-refractivity contribution < 1.29 is 4.42 Å². The van der Waals surface area contributed by atoms with Crippen molar-refractivity contribution in [2.75, 3.05) is 4.90 Å². The van der Waals surface area contributed by atoms with Gasteiger partial charge in [0.15, 0.2) is 0 Å². The van der Waals surface area contributed by atoms with E-state index in [0.29, 0.717) is 0 Å². The Balaban J connectivity index is 1.21. The zero-order valence-electron chi connectivity index (χ0n) is 31.9. The van der Waals surface area contributed by atoms with E-state index in [1.54, 1.807) is 0 Å². The number of anilines is 3. The van der Waals surface area contributed by atoms with Gasteiger partial charge < -0.3 is 9.32 Å². The molecule has 1 aromatic heterocycles. The fourth-order valence-corrected chi connectivity index (χ4v) is 10.7. The third kappa shape index (κ3) is 4.01. The average molecular weight is 718 g/mol. The van der Waals surface area contributed by atoms with Gasteiger partial charge in [-0.3, -0.25) is 0 Å². The van der Waals surface area contributed by atoms with Gasteiger partial charge in [0, 0.05) is 38.1 Å². The van der Waals surface area contributed by atoms with Crippen LogP contribution >= 0.6 is 0 Å². The van der Waals surface area contributed by atoms with E-state index in [1.807, 2.05) is 0 Å². The number of hydrogen-bond acceptors (Lipinski definition) is 2. The van der Waals surface area contributed by atoms with Crippen LogP contribution in [-0.4, -0.2) is 0 Å². The molecule has 0 spiro atoms. The van der Waals surface area contributed by atoms with E-state index in [4.69, 9.17) is 4.42 Å². The monoisotopic (exact) mass is 717 g/mol.